The maximum Gasteiger partial charge on any atom is 0.230 e. The molecule has 1 N–H and O–H groups in total. The molecule has 1 aliphatic heterocycles. The van der Waals surface area contributed by atoms with E-state index in [9.17, 15) is 4.79 Å². The van der Waals surface area contributed by atoms with Crippen LogP contribution in [0, 0.1) is 5.92 Å². The van der Waals surface area contributed by atoms with E-state index < -0.39 is 0 Å². The molecule has 1 unspecified atom stereocenters. The molecule has 0 radical (unpaired) electrons. The van der Waals surface area contributed by atoms with Gasteiger partial charge < -0.3 is 10.1 Å². The van der Waals surface area contributed by atoms with Crippen LogP contribution in [0.15, 0.2) is 28.7 Å². The minimum Gasteiger partial charge on any atom is -0.379 e. The summed E-state index contributed by atoms with van der Waals surface area (Å²) >= 11 is 3.50. The van der Waals surface area contributed by atoms with Gasteiger partial charge in [-0.3, -0.25) is 9.69 Å². The minimum absolute atomic E-state index is 0.205. The van der Waals surface area contributed by atoms with E-state index in [1.807, 2.05) is 12.1 Å². The highest BCUT2D eigenvalue weighted by atomic mass is 79.9. The summed E-state index contributed by atoms with van der Waals surface area (Å²) in [4.78, 5) is 15.8. The summed E-state index contributed by atoms with van der Waals surface area (Å²) in [5, 5.41) is 3.32. The molecule has 3 rings (SSSR count). The van der Waals surface area contributed by atoms with E-state index in [4.69, 9.17) is 4.74 Å². The van der Waals surface area contributed by atoms with Gasteiger partial charge in [0.15, 0.2) is 0 Å². The maximum atomic E-state index is 13.3. The number of ether oxygens (including phenoxy) is 1. The number of carbonyl (C=O) groups excluding carboxylic acids is 1. The number of carbonyl (C=O) groups is 1. The lowest BCUT2D eigenvalue weighted by Gasteiger charge is -2.38. The molecule has 2 fully saturated rings. The van der Waals surface area contributed by atoms with Gasteiger partial charge in [0.1, 0.15) is 0 Å². The van der Waals surface area contributed by atoms with E-state index in [0.29, 0.717) is 12.0 Å². The zero-order chi connectivity index (χ0) is 18.6. The maximum absolute atomic E-state index is 13.3. The molecule has 1 atom stereocenters. The number of nitrogens with one attached hydrogen (secondary N) is 1. The molecule has 1 aliphatic carbocycles. The number of hydrogen-bond acceptors (Lipinski definition) is 3. The van der Waals surface area contributed by atoms with Gasteiger partial charge in [0, 0.05) is 30.1 Å². The highest BCUT2D eigenvalue weighted by Crippen LogP contribution is 2.41. The second-order valence-corrected chi connectivity index (χ2v) is 8.88. The fraction of sp³-hybridized carbons (Fsp3) is 0.667. The van der Waals surface area contributed by atoms with Crippen molar-refractivity contribution < 1.29 is 9.53 Å². The van der Waals surface area contributed by atoms with Crippen molar-refractivity contribution in [2.24, 2.45) is 5.92 Å². The van der Waals surface area contributed by atoms with Crippen LogP contribution < -0.4 is 5.32 Å². The van der Waals surface area contributed by atoms with Crippen molar-refractivity contribution in [1.29, 1.82) is 0 Å². The van der Waals surface area contributed by atoms with Gasteiger partial charge in [-0.2, -0.15) is 0 Å². The average molecular weight is 423 g/mol. The lowest BCUT2D eigenvalue weighted by molar-refractivity contribution is -0.127. The third kappa shape index (κ3) is 4.32. The molecule has 26 heavy (non-hydrogen) atoms. The average Bonchev–Trinajstić information content (AvgIpc) is 3.14. The van der Waals surface area contributed by atoms with Crippen molar-refractivity contribution in [2.75, 3.05) is 32.8 Å². The zero-order valence-corrected chi connectivity index (χ0v) is 17.6. The lowest BCUT2D eigenvalue weighted by Crippen LogP contribution is -2.53. The second-order valence-electron chi connectivity index (χ2n) is 7.97. The first-order chi connectivity index (χ1) is 12.5. The first-order valence-electron chi connectivity index (χ1n) is 9.89. The molecule has 144 valence electrons. The molecule has 1 saturated heterocycles. The Morgan fingerprint density at radius 3 is 2.38 bits per heavy atom. The highest BCUT2D eigenvalue weighted by molar-refractivity contribution is 9.10. The second kappa shape index (κ2) is 8.85. The van der Waals surface area contributed by atoms with Crippen molar-refractivity contribution in [3.8, 4) is 0 Å². The molecule has 4 nitrogen and oxygen atoms in total. The fourth-order valence-corrected chi connectivity index (χ4v) is 4.72. The number of amides is 1. The Labute approximate surface area is 165 Å². The van der Waals surface area contributed by atoms with Gasteiger partial charge in [0.05, 0.1) is 18.6 Å². The lowest BCUT2D eigenvalue weighted by atomic mass is 9.78. The van der Waals surface area contributed by atoms with E-state index in [0.717, 1.165) is 68.6 Å². The standard InChI is InChI=1S/C21H31BrN2O2/c1-16(2)19(24-11-13-26-14-12-24)15-23-20(25)21(9-3-4-10-21)17-5-7-18(22)8-6-17/h5-8,16,19H,3-4,9-15H2,1-2H3,(H,23,25). The highest BCUT2D eigenvalue weighted by Gasteiger charge is 2.42. The normalized spacial score (nSPS) is 21.7. The molecule has 1 heterocycles. The number of rotatable bonds is 6. The van der Waals surface area contributed by atoms with Crippen LogP contribution in [-0.4, -0.2) is 49.7 Å². The fourth-order valence-electron chi connectivity index (χ4n) is 4.46. The molecule has 1 aromatic carbocycles. The van der Waals surface area contributed by atoms with Crippen LogP contribution in [0.1, 0.15) is 45.1 Å². The van der Waals surface area contributed by atoms with Crippen molar-refractivity contribution in [1.82, 2.24) is 10.2 Å². The predicted molar refractivity (Wildman–Crippen MR) is 108 cm³/mol. The molecule has 1 saturated carbocycles. The van der Waals surface area contributed by atoms with Crippen LogP contribution in [0.2, 0.25) is 0 Å². The van der Waals surface area contributed by atoms with E-state index in [-0.39, 0.29) is 11.3 Å². The van der Waals surface area contributed by atoms with Gasteiger partial charge in [0.25, 0.3) is 0 Å². The number of nitrogens with zero attached hydrogens (tertiary/aromatic N) is 1. The van der Waals surface area contributed by atoms with E-state index in [2.05, 4.69) is 52.1 Å². The monoisotopic (exact) mass is 422 g/mol. The van der Waals surface area contributed by atoms with Crippen LogP contribution in [0.25, 0.3) is 0 Å². The number of halogens is 1. The van der Waals surface area contributed by atoms with Crippen LogP contribution in [-0.2, 0) is 14.9 Å². The summed E-state index contributed by atoms with van der Waals surface area (Å²) in [5.41, 5.74) is 0.802. The quantitative estimate of drug-likeness (QED) is 0.758. The smallest absolute Gasteiger partial charge is 0.230 e. The molecular formula is C21H31BrN2O2. The third-order valence-corrected chi connectivity index (χ3v) is 6.57. The Morgan fingerprint density at radius 1 is 1.19 bits per heavy atom. The van der Waals surface area contributed by atoms with Crippen LogP contribution in [0.4, 0.5) is 0 Å². The predicted octanol–water partition coefficient (Wildman–Crippen LogP) is 3.73. The summed E-state index contributed by atoms with van der Waals surface area (Å²) in [7, 11) is 0. The summed E-state index contributed by atoms with van der Waals surface area (Å²) < 4.78 is 6.54. The Hall–Kier alpha value is -0.910. The summed E-state index contributed by atoms with van der Waals surface area (Å²) in [6.45, 7) is 8.70. The van der Waals surface area contributed by atoms with E-state index in [1.54, 1.807) is 0 Å². The first kappa shape index (κ1) is 19.8. The molecule has 0 aromatic heterocycles. The van der Waals surface area contributed by atoms with Gasteiger partial charge in [-0.1, -0.05) is 54.8 Å². The number of morpholine rings is 1. The largest absolute Gasteiger partial charge is 0.379 e. The van der Waals surface area contributed by atoms with Crippen molar-refractivity contribution >= 4 is 21.8 Å². The summed E-state index contributed by atoms with van der Waals surface area (Å²) in [5.74, 6) is 0.705. The Morgan fingerprint density at radius 2 is 1.81 bits per heavy atom. The number of benzene rings is 1. The van der Waals surface area contributed by atoms with Gasteiger partial charge >= 0.3 is 0 Å². The molecular weight excluding hydrogens is 392 g/mol. The molecule has 5 heteroatoms. The third-order valence-electron chi connectivity index (χ3n) is 6.04. The molecule has 1 amide bonds. The minimum atomic E-state index is -0.354. The first-order valence-corrected chi connectivity index (χ1v) is 10.7. The van der Waals surface area contributed by atoms with Gasteiger partial charge in [-0.05, 0) is 36.5 Å². The molecule has 1 aromatic rings. The number of hydrogen-bond donors (Lipinski definition) is 1. The topological polar surface area (TPSA) is 41.6 Å². The molecule has 2 aliphatic rings. The summed E-state index contributed by atoms with van der Waals surface area (Å²) in [6.07, 6.45) is 4.15. The van der Waals surface area contributed by atoms with E-state index in [1.165, 1.54) is 0 Å². The van der Waals surface area contributed by atoms with Crippen LogP contribution in [0.5, 0.6) is 0 Å². The van der Waals surface area contributed by atoms with Gasteiger partial charge in [0.2, 0.25) is 5.91 Å². The summed E-state index contributed by atoms with van der Waals surface area (Å²) in [6, 6.07) is 8.68. The van der Waals surface area contributed by atoms with Gasteiger partial charge in [-0.15, -0.1) is 0 Å². The Balaban J connectivity index is 1.70. The van der Waals surface area contributed by atoms with Gasteiger partial charge in [-0.25, -0.2) is 0 Å². The van der Waals surface area contributed by atoms with Crippen molar-refractivity contribution in [3.63, 3.8) is 0 Å². The molecule has 0 spiro atoms. The van der Waals surface area contributed by atoms with Crippen LogP contribution >= 0.6 is 15.9 Å². The Bertz CT molecular complexity index is 591. The van der Waals surface area contributed by atoms with Crippen LogP contribution in [0.3, 0.4) is 0 Å². The Kier molecular flexibility index (Phi) is 6.76. The SMILES string of the molecule is CC(C)C(CNC(=O)C1(c2ccc(Br)cc2)CCCC1)N1CCOCC1. The van der Waals surface area contributed by atoms with Crippen molar-refractivity contribution in [3.05, 3.63) is 34.3 Å². The zero-order valence-electron chi connectivity index (χ0n) is 16.0. The van der Waals surface area contributed by atoms with Crippen molar-refractivity contribution in [2.45, 2.75) is 51.0 Å². The molecule has 0 bridgehead atoms. The van der Waals surface area contributed by atoms with E-state index >= 15 is 0 Å².